The van der Waals surface area contributed by atoms with E-state index in [1.54, 1.807) is 13.8 Å². The molecule has 0 bridgehead atoms. The predicted molar refractivity (Wildman–Crippen MR) is 58.7 cm³/mol. The van der Waals surface area contributed by atoms with E-state index in [0.29, 0.717) is 0 Å². The zero-order valence-electron chi connectivity index (χ0n) is 9.16. The monoisotopic (exact) mass is 224 g/mol. The highest BCUT2D eigenvalue weighted by molar-refractivity contribution is 7.57. The maximum Gasteiger partial charge on any atom is 0.328 e. The van der Waals surface area contributed by atoms with Crippen LogP contribution in [0.3, 0.4) is 0 Å². The van der Waals surface area contributed by atoms with Gasteiger partial charge in [-0.3, -0.25) is 4.57 Å². The van der Waals surface area contributed by atoms with Crippen molar-refractivity contribution < 1.29 is 14.4 Å². The van der Waals surface area contributed by atoms with Crippen LogP contribution in [0.1, 0.15) is 27.7 Å². The Bertz CT molecular complexity index is 217. The first-order valence-corrected chi connectivity index (χ1v) is 9.20. The van der Waals surface area contributed by atoms with Gasteiger partial charge in [-0.2, -0.15) is 0 Å². The molecule has 0 unspecified atom stereocenters. The molecule has 0 aliphatic carbocycles. The van der Waals surface area contributed by atoms with Gasteiger partial charge in [0.1, 0.15) is 0 Å². The van der Waals surface area contributed by atoms with Gasteiger partial charge in [0.05, 0.1) is 12.9 Å². The maximum absolute atomic E-state index is 11.3. The predicted octanol–water partition coefficient (Wildman–Crippen LogP) is 2.60. The molecule has 0 amide bonds. The van der Waals surface area contributed by atoms with E-state index in [2.05, 4.69) is 6.55 Å². The lowest BCUT2D eigenvalue weighted by molar-refractivity contribution is 0.354. The maximum atomic E-state index is 11.3. The van der Waals surface area contributed by atoms with Crippen molar-refractivity contribution in [1.29, 1.82) is 0 Å². The second-order valence-electron chi connectivity index (χ2n) is 4.37. The van der Waals surface area contributed by atoms with Crippen LogP contribution in [0, 0.1) is 0 Å². The van der Waals surface area contributed by atoms with Gasteiger partial charge in [0.25, 0.3) is 0 Å². The van der Waals surface area contributed by atoms with Crippen molar-refractivity contribution >= 4 is 15.7 Å². The van der Waals surface area contributed by atoms with Gasteiger partial charge in [0, 0.05) is 0 Å². The summed E-state index contributed by atoms with van der Waals surface area (Å²) in [4.78, 5) is 18.6. The molecule has 3 nitrogen and oxygen atoms in total. The summed E-state index contributed by atoms with van der Waals surface area (Å²) < 4.78 is 10.5. The van der Waals surface area contributed by atoms with Crippen molar-refractivity contribution in [3.8, 4) is 0 Å². The molecule has 0 saturated heterocycles. The molecule has 80 valence electrons. The number of hydrogen-bond donors (Lipinski definition) is 2. The van der Waals surface area contributed by atoms with Crippen LogP contribution in [-0.4, -0.2) is 22.6 Å². The summed E-state index contributed by atoms with van der Waals surface area (Å²) in [5, 5.41) is 0. The van der Waals surface area contributed by atoms with Crippen LogP contribution in [0.5, 0.6) is 0 Å². The highest BCUT2D eigenvalue weighted by Crippen LogP contribution is 2.56. The molecule has 0 atom stereocenters. The minimum Gasteiger partial charge on any atom is -0.324 e. The number of hydrogen-bond acceptors (Lipinski definition) is 1. The first-order chi connectivity index (χ1) is 5.62. The third kappa shape index (κ3) is 2.24. The van der Waals surface area contributed by atoms with Crippen molar-refractivity contribution in [1.82, 2.24) is 0 Å². The van der Waals surface area contributed by atoms with E-state index < -0.39 is 20.4 Å². The normalized spacial score (nSPS) is 14.7. The Hall–Kier alpha value is 0.367. The smallest absolute Gasteiger partial charge is 0.324 e. The molecule has 0 saturated carbocycles. The lowest BCUT2D eigenvalue weighted by atomic mass is 10.5. The van der Waals surface area contributed by atoms with E-state index in [-0.39, 0.29) is 0 Å². The summed E-state index contributed by atoms with van der Waals surface area (Å²) in [6.45, 7) is 9.58. The van der Waals surface area contributed by atoms with Crippen LogP contribution < -0.4 is 0 Å². The van der Waals surface area contributed by atoms with E-state index in [1.807, 2.05) is 13.8 Å². The van der Waals surface area contributed by atoms with Crippen LogP contribution in [0.4, 0.5) is 0 Å². The highest BCUT2D eigenvalue weighted by Gasteiger charge is 2.51. The van der Waals surface area contributed by atoms with Crippen LogP contribution in [0.15, 0.2) is 0 Å². The Kier molecular flexibility index (Phi) is 3.96. The van der Waals surface area contributed by atoms with E-state index in [4.69, 9.17) is 0 Å². The molecular weight excluding hydrogens is 203 g/mol. The van der Waals surface area contributed by atoms with Gasteiger partial charge < -0.3 is 9.79 Å². The first-order valence-electron chi connectivity index (χ1n) is 4.68. The van der Waals surface area contributed by atoms with Crippen LogP contribution in [-0.2, 0) is 4.57 Å². The van der Waals surface area contributed by atoms with E-state index in [9.17, 15) is 14.4 Å². The average Bonchev–Trinajstić information content (AvgIpc) is 2.00. The number of rotatable bonds is 4. The van der Waals surface area contributed by atoms with Crippen LogP contribution in [0.25, 0.3) is 0 Å². The van der Waals surface area contributed by atoms with Gasteiger partial charge in [-0.15, -0.1) is 0 Å². The minimum atomic E-state index is -3.96. The third-order valence-electron chi connectivity index (χ3n) is 3.77. The summed E-state index contributed by atoms with van der Waals surface area (Å²) in [6, 6.07) is 1.84. The van der Waals surface area contributed by atoms with Gasteiger partial charge in [-0.05, 0) is 0 Å². The lowest BCUT2D eigenvalue weighted by Crippen LogP contribution is -2.51. The Morgan fingerprint density at radius 3 is 1.62 bits per heavy atom. The molecule has 0 aromatic heterocycles. The Morgan fingerprint density at radius 1 is 1.23 bits per heavy atom. The Balaban J connectivity index is 5.12. The molecule has 5 heteroatoms. The Morgan fingerprint density at radius 2 is 1.54 bits per heavy atom. The Labute approximate surface area is 81.7 Å². The molecular formula is C8H21O3PSi. The summed E-state index contributed by atoms with van der Waals surface area (Å²) in [7, 11) is -5.78. The molecule has 0 rings (SSSR count). The molecule has 0 aliphatic heterocycles. The van der Waals surface area contributed by atoms with Crippen molar-refractivity contribution in [2.75, 3.05) is 0 Å². The van der Waals surface area contributed by atoms with Crippen molar-refractivity contribution in [2.24, 2.45) is 0 Å². The molecule has 0 aromatic carbocycles. The van der Waals surface area contributed by atoms with E-state index >= 15 is 0 Å². The largest absolute Gasteiger partial charge is 0.328 e. The first kappa shape index (κ1) is 13.4. The van der Waals surface area contributed by atoms with Crippen molar-refractivity contribution in [3.05, 3.63) is 0 Å². The topological polar surface area (TPSA) is 57.5 Å². The summed E-state index contributed by atoms with van der Waals surface area (Å²) in [5.41, 5.74) is 0. The average molecular weight is 224 g/mol. The van der Waals surface area contributed by atoms with Crippen LogP contribution in [0.2, 0.25) is 18.6 Å². The molecule has 0 spiro atoms. The molecule has 0 fully saturated rings. The molecule has 2 N–H and O–H groups in total. The van der Waals surface area contributed by atoms with Crippen LogP contribution >= 0.6 is 7.60 Å². The molecule has 0 aliphatic rings. The lowest BCUT2D eigenvalue weighted by Gasteiger charge is -2.41. The van der Waals surface area contributed by atoms with E-state index in [0.717, 1.165) is 12.1 Å². The SMILES string of the molecule is CC[Si](C)(CC)C(C)(C)P(=O)(O)O. The van der Waals surface area contributed by atoms with Gasteiger partial charge >= 0.3 is 7.60 Å². The fraction of sp³-hybridized carbons (Fsp3) is 1.00. The highest BCUT2D eigenvalue weighted by atomic mass is 31.2. The fourth-order valence-electron chi connectivity index (χ4n) is 1.47. The zero-order chi connectivity index (χ0) is 10.9. The summed E-state index contributed by atoms with van der Waals surface area (Å²) in [6.07, 6.45) is 0. The van der Waals surface area contributed by atoms with E-state index in [1.165, 1.54) is 0 Å². The molecule has 0 heterocycles. The standard InChI is InChI=1S/C8H21O3PSi/c1-6-13(5,7-2)8(3,4)12(9,10)11/h6-7H2,1-5H3,(H2,9,10,11). The van der Waals surface area contributed by atoms with Gasteiger partial charge in [-0.1, -0.05) is 46.3 Å². The minimum absolute atomic E-state index is 0.802. The third-order valence-corrected chi connectivity index (χ3v) is 13.8. The molecule has 13 heavy (non-hydrogen) atoms. The fourth-order valence-corrected chi connectivity index (χ4v) is 7.46. The quantitative estimate of drug-likeness (QED) is 0.570. The molecule has 0 aromatic rings. The molecule has 0 radical (unpaired) electrons. The van der Waals surface area contributed by atoms with Gasteiger partial charge in [0.2, 0.25) is 0 Å². The van der Waals surface area contributed by atoms with Gasteiger partial charge in [-0.25, -0.2) is 0 Å². The van der Waals surface area contributed by atoms with Crippen molar-refractivity contribution in [2.45, 2.75) is 51.1 Å². The summed E-state index contributed by atoms with van der Waals surface area (Å²) in [5.74, 6) is 0. The second kappa shape index (κ2) is 3.85. The zero-order valence-corrected chi connectivity index (χ0v) is 11.1. The van der Waals surface area contributed by atoms with Gasteiger partial charge in [0.15, 0.2) is 0 Å². The summed E-state index contributed by atoms with van der Waals surface area (Å²) >= 11 is 0. The van der Waals surface area contributed by atoms with Crippen molar-refractivity contribution in [3.63, 3.8) is 0 Å². The second-order valence-corrected chi connectivity index (χ2v) is 12.8.